The van der Waals surface area contributed by atoms with Gasteiger partial charge in [0.1, 0.15) is 11.6 Å². The third kappa shape index (κ3) is 7.92. The summed E-state index contributed by atoms with van der Waals surface area (Å²) in [5.41, 5.74) is 10.1. The van der Waals surface area contributed by atoms with Gasteiger partial charge in [-0.05, 0) is 131 Å². The minimum atomic E-state index is -0.329. The third-order valence-corrected chi connectivity index (χ3v) is 13.1. The van der Waals surface area contributed by atoms with Crippen LogP contribution in [0, 0.1) is 11.6 Å². The second-order valence-electron chi connectivity index (χ2n) is 14.6. The molecular formula is C54H36F2N4S2. The monoisotopic (exact) mass is 842 g/mol. The highest BCUT2D eigenvalue weighted by atomic mass is 32.1. The molecule has 10 aromatic rings. The molecule has 4 nitrogen and oxygen atoms in total. The summed E-state index contributed by atoms with van der Waals surface area (Å²) in [4.78, 5) is 16.3. The lowest BCUT2D eigenvalue weighted by Gasteiger charge is -2.26. The Labute approximate surface area is 367 Å². The number of nitrogens with zero attached hydrogens (tertiary/aromatic N) is 4. The SMILES string of the molecule is Fc1cc(N(c2cccnc2)c2cccc(-c3ccccc3)c2)ccc1-c1ccc(-c2ccc(-c3ccc(N(c4cccnc4)c4cccc(-c5ccccc5)c4)cc3F)s2)s1. The zero-order valence-corrected chi connectivity index (χ0v) is 34.8. The van der Waals surface area contributed by atoms with Crippen molar-refractivity contribution in [1.82, 2.24) is 9.97 Å². The van der Waals surface area contributed by atoms with Gasteiger partial charge < -0.3 is 9.80 Å². The van der Waals surface area contributed by atoms with Gasteiger partial charge in [-0.2, -0.15) is 0 Å². The molecule has 0 spiro atoms. The first-order valence-corrected chi connectivity index (χ1v) is 21.7. The highest BCUT2D eigenvalue weighted by Gasteiger charge is 2.20. The summed E-state index contributed by atoms with van der Waals surface area (Å²) in [5.74, 6) is -0.657. The van der Waals surface area contributed by atoms with Gasteiger partial charge in [0.15, 0.2) is 0 Å². The van der Waals surface area contributed by atoms with Crippen molar-refractivity contribution in [2.24, 2.45) is 0 Å². The smallest absolute Gasteiger partial charge is 0.133 e. The van der Waals surface area contributed by atoms with Gasteiger partial charge in [0.25, 0.3) is 0 Å². The van der Waals surface area contributed by atoms with Crippen LogP contribution >= 0.6 is 22.7 Å². The van der Waals surface area contributed by atoms with Crippen molar-refractivity contribution in [2.45, 2.75) is 0 Å². The summed E-state index contributed by atoms with van der Waals surface area (Å²) in [5, 5.41) is 0. The van der Waals surface area contributed by atoms with Gasteiger partial charge in [-0.15, -0.1) is 22.7 Å². The first-order chi connectivity index (χ1) is 30.6. The number of thiophene rings is 2. The first-order valence-electron chi connectivity index (χ1n) is 20.1. The minimum absolute atomic E-state index is 0.329. The summed E-state index contributed by atoms with van der Waals surface area (Å²) in [6.07, 6.45) is 7.03. The Hall–Kier alpha value is -7.52. The van der Waals surface area contributed by atoms with E-state index in [9.17, 15) is 0 Å². The molecule has 0 saturated carbocycles. The summed E-state index contributed by atoms with van der Waals surface area (Å²) in [7, 11) is 0. The number of halogens is 2. The van der Waals surface area contributed by atoms with Crippen LogP contribution in [0.15, 0.2) is 219 Å². The molecule has 8 heteroatoms. The maximum atomic E-state index is 16.3. The quantitative estimate of drug-likeness (QED) is 0.130. The molecule has 0 aliphatic carbocycles. The van der Waals surface area contributed by atoms with Gasteiger partial charge in [0.05, 0.1) is 23.8 Å². The molecule has 4 aromatic heterocycles. The highest BCUT2D eigenvalue weighted by Crippen LogP contribution is 2.44. The molecule has 10 rings (SSSR count). The van der Waals surface area contributed by atoms with E-state index in [2.05, 4.69) is 58.5 Å². The lowest BCUT2D eigenvalue weighted by Crippen LogP contribution is -2.10. The maximum Gasteiger partial charge on any atom is 0.133 e. The molecule has 0 aliphatic heterocycles. The summed E-state index contributed by atoms with van der Waals surface area (Å²) in [6, 6.07) is 63.2. The highest BCUT2D eigenvalue weighted by molar-refractivity contribution is 7.25. The van der Waals surface area contributed by atoms with Gasteiger partial charge in [-0.1, -0.05) is 84.9 Å². The van der Waals surface area contributed by atoms with Crippen LogP contribution in [0.2, 0.25) is 0 Å². The van der Waals surface area contributed by atoms with Gasteiger partial charge >= 0.3 is 0 Å². The minimum Gasteiger partial charge on any atom is -0.309 e. The van der Waals surface area contributed by atoms with Crippen molar-refractivity contribution in [2.75, 3.05) is 9.80 Å². The van der Waals surface area contributed by atoms with Crippen molar-refractivity contribution in [3.05, 3.63) is 231 Å². The number of benzene rings is 6. The summed E-state index contributed by atoms with van der Waals surface area (Å²) in [6.45, 7) is 0. The molecule has 0 N–H and O–H groups in total. The fourth-order valence-corrected chi connectivity index (χ4v) is 9.85. The molecule has 62 heavy (non-hydrogen) atoms. The van der Waals surface area contributed by atoms with Crippen LogP contribution in [0.3, 0.4) is 0 Å². The Morgan fingerprint density at radius 3 is 1.11 bits per heavy atom. The molecule has 0 bridgehead atoms. The van der Waals surface area contributed by atoms with Gasteiger partial charge in [0.2, 0.25) is 0 Å². The average Bonchev–Trinajstić information content (AvgIpc) is 4.02. The van der Waals surface area contributed by atoms with E-state index >= 15 is 8.78 Å². The molecular weight excluding hydrogens is 807 g/mol. The average molecular weight is 843 g/mol. The fourth-order valence-electron chi connectivity index (χ4n) is 7.69. The predicted octanol–water partition coefficient (Wildman–Crippen LogP) is 16.2. The lowest BCUT2D eigenvalue weighted by molar-refractivity contribution is 0.631. The molecule has 0 aliphatic rings. The van der Waals surface area contributed by atoms with Gasteiger partial charge in [-0.25, -0.2) is 8.78 Å². The molecule has 0 fully saturated rings. The lowest BCUT2D eigenvalue weighted by atomic mass is 10.0. The number of rotatable bonds is 11. The molecule has 0 radical (unpaired) electrons. The Morgan fingerprint density at radius 2 is 0.710 bits per heavy atom. The molecule has 4 heterocycles. The summed E-state index contributed by atoms with van der Waals surface area (Å²) < 4.78 is 32.6. The Balaban J connectivity index is 0.919. The van der Waals surface area contributed by atoms with Crippen molar-refractivity contribution < 1.29 is 8.78 Å². The molecule has 0 saturated heterocycles. The summed E-state index contributed by atoms with van der Waals surface area (Å²) >= 11 is 3.03. The van der Waals surface area contributed by atoms with E-state index < -0.39 is 0 Å². The van der Waals surface area contributed by atoms with E-state index in [-0.39, 0.29) is 11.6 Å². The molecule has 0 amide bonds. The van der Waals surface area contributed by atoms with E-state index in [1.165, 1.54) is 22.7 Å². The van der Waals surface area contributed by atoms with Crippen molar-refractivity contribution in [1.29, 1.82) is 0 Å². The Morgan fingerprint density at radius 1 is 0.323 bits per heavy atom. The van der Waals surface area contributed by atoms with Crippen LogP contribution < -0.4 is 9.80 Å². The largest absolute Gasteiger partial charge is 0.309 e. The predicted molar refractivity (Wildman–Crippen MR) is 254 cm³/mol. The van der Waals surface area contributed by atoms with Crippen LogP contribution in [0.4, 0.5) is 42.9 Å². The molecule has 298 valence electrons. The second-order valence-corrected chi connectivity index (χ2v) is 16.7. The van der Waals surface area contributed by atoms with Crippen molar-refractivity contribution in [3.8, 4) is 52.9 Å². The number of hydrogen-bond donors (Lipinski definition) is 0. The van der Waals surface area contributed by atoms with Crippen LogP contribution in [0.1, 0.15) is 0 Å². The normalized spacial score (nSPS) is 11.1. The van der Waals surface area contributed by atoms with E-state index in [1.54, 1.807) is 36.9 Å². The first kappa shape index (κ1) is 38.7. The van der Waals surface area contributed by atoms with Gasteiger partial charge in [-0.3, -0.25) is 9.97 Å². The topological polar surface area (TPSA) is 32.3 Å². The zero-order valence-electron chi connectivity index (χ0n) is 33.1. The number of hydrogen-bond acceptors (Lipinski definition) is 6. The van der Waals surface area contributed by atoms with E-state index in [1.807, 2.05) is 143 Å². The standard InChI is InChI=1S/C54H36F2N4S2/c55-49-33-43(59(45-19-9-29-57-35-45)41-17-7-15-39(31-41)37-11-3-1-4-12-37)21-23-47(49)51-25-27-53(61-51)54-28-26-52(62-54)48-24-22-44(34-50(48)56)60(46-20-10-30-58-36-46)42-18-8-16-40(32-42)38-13-5-2-6-14-38/h1-36H. The van der Waals surface area contributed by atoms with Crippen LogP contribution in [0.25, 0.3) is 52.9 Å². The maximum absolute atomic E-state index is 16.3. The second kappa shape index (κ2) is 17.2. The molecule has 0 unspecified atom stereocenters. The Kier molecular flexibility index (Phi) is 10.7. The number of pyridine rings is 2. The number of aromatic nitrogens is 2. The fraction of sp³-hybridized carbons (Fsp3) is 0. The van der Waals surface area contributed by atoms with Crippen LogP contribution in [-0.2, 0) is 0 Å². The Bertz CT molecular complexity index is 2900. The van der Waals surface area contributed by atoms with Crippen molar-refractivity contribution in [3.63, 3.8) is 0 Å². The van der Waals surface area contributed by atoms with Crippen LogP contribution in [0.5, 0.6) is 0 Å². The zero-order chi connectivity index (χ0) is 41.8. The van der Waals surface area contributed by atoms with E-state index in [4.69, 9.17) is 0 Å². The molecule has 0 atom stereocenters. The molecule has 6 aromatic carbocycles. The van der Waals surface area contributed by atoms with E-state index in [0.29, 0.717) is 22.5 Å². The third-order valence-electron chi connectivity index (χ3n) is 10.6. The number of anilines is 6. The van der Waals surface area contributed by atoms with Crippen molar-refractivity contribution >= 4 is 56.8 Å². The van der Waals surface area contributed by atoms with Gasteiger partial charge in [0, 0.05) is 65.8 Å². The van der Waals surface area contributed by atoms with E-state index in [0.717, 1.165) is 64.5 Å². The van der Waals surface area contributed by atoms with Crippen LogP contribution in [-0.4, -0.2) is 9.97 Å².